The highest BCUT2D eigenvalue weighted by Crippen LogP contribution is 2.22. The van der Waals surface area contributed by atoms with Gasteiger partial charge in [0.1, 0.15) is 0 Å². The minimum absolute atomic E-state index is 0.116. The van der Waals surface area contributed by atoms with Gasteiger partial charge in [0.2, 0.25) is 17.6 Å². The van der Waals surface area contributed by atoms with Crippen molar-refractivity contribution in [1.82, 2.24) is 20.4 Å². The number of carbonyl (C=O) groups excluding carboxylic acids is 1. The van der Waals surface area contributed by atoms with E-state index in [9.17, 15) is 4.79 Å². The number of hydrogen-bond donors (Lipinski definition) is 1. The van der Waals surface area contributed by atoms with Crippen molar-refractivity contribution in [1.29, 1.82) is 0 Å². The van der Waals surface area contributed by atoms with Crippen molar-refractivity contribution < 1.29 is 9.32 Å². The third-order valence-corrected chi connectivity index (χ3v) is 5.17. The molecule has 0 spiro atoms. The molecule has 3 rings (SSSR count). The van der Waals surface area contributed by atoms with E-state index in [4.69, 9.17) is 4.52 Å². The maximum Gasteiger partial charge on any atom is 0.241 e. The van der Waals surface area contributed by atoms with Crippen molar-refractivity contribution >= 4 is 5.91 Å². The Morgan fingerprint density at radius 3 is 2.77 bits per heavy atom. The van der Waals surface area contributed by atoms with E-state index in [0.29, 0.717) is 18.3 Å². The Bertz CT molecular complexity index is 735. The predicted molar refractivity (Wildman–Crippen MR) is 100 cm³/mol. The Kier molecular flexibility index (Phi) is 6.04. The quantitative estimate of drug-likeness (QED) is 0.861. The molecule has 0 radical (unpaired) electrons. The van der Waals surface area contributed by atoms with Crippen molar-refractivity contribution in [2.45, 2.75) is 52.6 Å². The first-order valence-corrected chi connectivity index (χ1v) is 9.48. The second-order valence-corrected chi connectivity index (χ2v) is 7.19. The van der Waals surface area contributed by atoms with Gasteiger partial charge in [-0.25, -0.2) is 0 Å². The standard InChI is InChI=1S/C20H28N4O2/c1-4-15(3)21-20(25)16-9-11-24(12-10-16)13-18-22-19(23-26-18)17-8-6-5-7-14(17)2/h5-8,15-16H,4,9-13H2,1-3H3,(H,21,25). The lowest BCUT2D eigenvalue weighted by atomic mass is 9.95. The highest BCUT2D eigenvalue weighted by molar-refractivity contribution is 5.79. The van der Waals surface area contributed by atoms with Crippen molar-refractivity contribution in [3.05, 3.63) is 35.7 Å². The van der Waals surface area contributed by atoms with Gasteiger partial charge in [-0.2, -0.15) is 4.98 Å². The molecular formula is C20H28N4O2. The average Bonchev–Trinajstić information content (AvgIpc) is 3.10. The van der Waals surface area contributed by atoms with Gasteiger partial charge >= 0.3 is 0 Å². The molecule has 1 aromatic carbocycles. The lowest BCUT2D eigenvalue weighted by molar-refractivity contribution is -0.127. The summed E-state index contributed by atoms with van der Waals surface area (Å²) >= 11 is 0. The molecule has 1 unspecified atom stereocenters. The summed E-state index contributed by atoms with van der Waals surface area (Å²) in [6, 6.07) is 8.28. The second kappa shape index (κ2) is 8.45. The number of likely N-dealkylation sites (tertiary alicyclic amines) is 1. The van der Waals surface area contributed by atoms with Gasteiger partial charge in [-0.3, -0.25) is 9.69 Å². The molecule has 0 aliphatic carbocycles. The van der Waals surface area contributed by atoms with Crippen LogP contribution in [0, 0.1) is 12.8 Å². The molecule has 1 fully saturated rings. The van der Waals surface area contributed by atoms with Crippen LogP contribution in [0.25, 0.3) is 11.4 Å². The molecule has 26 heavy (non-hydrogen) atoms. The van der Waals surface area contributed by atoms with Crippen LogP contribution in [0.15, 0.2) is 28.8 Å². The molecule has 1 amide bonds. The van der Waals surface area contributed by atoms with Crippen LogP contribution in [0.4, 0.5) is 0 Å². The molecule has 0 bridgehead atoms. The van der Waals surface area contributed by atoms with Crippen LogP contribution in [0.1, 0.15) is 44.6 Å². The summed E-state index contributed by atoms with van der Waals surface area (Å²) in [6.07, 6.45) is 2.72. The number of hydrogen-bond acceptors (Lipinski definition) is 5. The number of carbonyl (C=O) groups is 1. The summed E-state index contributed by atoms with van der Waals surface area (Å²) in [4.78, 5) is 19.1. The van der Waals surface area contributed by atoms with Crippen LogP contribution in [0.3, 0.4) is 0 Å². The van der Waals surface area contributed by atoms with E-state index in [1.165, 1.54) is 0 Å². The van der Waals surface area contributed by atoms with Crippen molar-refractivity contribution in [2.75, 3.05) is 13.1 Å². The number of nitrogens with zero attached hydrogens (tertiary/aromatic N) is 3. The zero-order valence-electron chi connectivity index (χ0n) is 15.9. The fraction of sp³-hybridized carbons (Fsp3) is 0.550. The summed E-state index contributed by atoms with van der Waals surface area (Å²) in [7, 11) is 0. The molecule has 1 aromatic heterocycles. The summed E-state index contributed by atoms with van der Waals surface area (Å²) in [6.45, 7) is 8.57. The summed E-state index contributed by atoms with van der Waals surface area (Å²) in [5.41, 5.74) is 2.14. The first-order chi connectivity index (χ1) is 12.6. The van der Waals surface area contributed by atoms with E-state index < -0.39 is 0 Å². The van der Waals surface area contributed by atoms with Gasteiger partial charge in [-0.1, -0.05) is 36.3 Å². The van der Waals surface area contributed by atoms with Crippen LogP contribution in [-0.2, 0) is 11.3 Å². The molecule has 6 heteroatoms. The normalized spacial score (nSPS) is 17.2. The third kappa shape index (κ3) is 4.49. The molecule has 6 nitrogen and oxygen atoms in total. The third-order valence-electron chi connectivity index (χ3n) is 5.17. The van der Waals surface area contributed by atoms with Crippen molar-refractivity contribution in [3.8, 4) is 11.4 Å². The smallest absolute Gasteiger partial charge is 0.241 e. The molecule has 1 aliphatic rings. The number of aromatic nitrogens is 2. The van der Waals surface area contributed by atoms with Gasteiger partial charge in [0, 0.05) is 17.5 Å². The van der Waals surface area contributed by atoms with Gasteiger partial charge in [0.25, 0.3) is 0 Å². The molecule has 140 valence electrons. The Balaban J connectivity index is 1.52. The first-order valence-electron chi connectivity index (χ1n) is 9.48. The van der Waals surface area contributed by atoms with Gasteiger partial charge in [-0.05, 0) is 51.8 Å². The summed E-state index contributed by atoms with van der Waals surface area (Å²) < 4.78 is 5.44. The van der Waals surface area contributed by atoms with Gasteiger partial charge in [-0.15, -0.1) is 0 Å². The number of rotatable bonds is 6. The van der Waals surface area contributed by atoms with Gasteiger partial charge in [0.15, 0.2) is 0 Å². The molecule has 1 saturated heterocycles. The molecule has 1 aliphatic heterocycles. The van der Waals surface area contributed by atoms with Gasteiger partial charge in [0.05, 0.1) is 6.54 Å². The Labute approximate surface area is 155 Å². The Morgan fingerprint density at radius 1 is 1.35 bits per heavy atom. The Morgan fingerprint density at radius 2 is 2.08 bits per heavy atom. The summed E-state index contributed by atoms with van der Waals surface area (Å²) in [5.74, 6) is 1.58. The number of amides is 1. The number of benzene rings is 1. The minimum Gasteiger partial charge on any atom is -0.353 e. The fourth-order valence-electron chi connectivity index (χ4n) is 3.26. The molecule has 1 N–H and O–H groups in total. The van der Waals surface area contributed by atoms with E-state index >= 15 is 0 Å². The van der Waals surface area contributed by atoms with Crippen molar-refractivity contribution in [2.24, 2.45) is 5.92 Å². The van der Waals surface area contributed by atoms with Gasteiger partial charge < -0.3 is 9.84 Å². The van der Waals surface area contributed by atoms with E-state index in [-0.39, 0.29) is 17.9 Å². The molecular weight excluding hydrogens is 328 g/mol. The lowest BCUT2D eigenvalue weighted by Crippen LogP contribution is -2.42. The predicted octanol–water partition coefficient (Wildman–Crippen LogP) is 3.17. The maximum absolute atomic E-state index is 12.3. The van der Waals surface area contributed by atoms with E-state index in [1.54, 1.807) is 0 Å². The fourth-order valence-corrected chi connectivity index (χ4v) is 3.26. The first kappa shape index (κ1) is 18.6. The van der Waals surface area contributed by atoms with Crippen LogP contribution < -0.4 is 5.32 Å². The zero-order chi connectivity index (χ0) is 18.5. The monoisotopic (exact) mass is 356 g/mol. The SMILES string of the molecule is CCC(C)NC(=O)C1CCN(Cc2nc(-c3ccccc3C)no2)CC1. The number of aryl methyl sites for hydroxylation is 1. The van der Waals surface area contributed by atoms with E-state index in [2.05, 4.69) is 34.2 Å². The maximum atomic E-state index is 12.3. The highest BCUT2D eigenvalue weighted by atomic mass is 16.5. The molecule has 2 aromatic rings. The Hall–Kier alpha value is -2.21. The molecule has 2 heterocycles. The second-order valence-electron chi connectivity index (χ2n) is 7.19. The summed E-state index contributed by atoms with van der Waals surface area (Å²) in [5, 5.41) is 7.21. The van der Waals surface area contributed by atoms with Crippen LogP contribution in [-0.4, -0.2) is 40.1 Å². The minimum atomic E-state index is 0.116. The highest BCUT2D eigenvalue weighted by Gasteiger charge is 2.26. The lowest BCUT2D eigenvalue weighted by Gasteiger charge is -2.30. The van der Waals surface area contributed by atoms with E-state index in [0.717, 1.165) is 43.5 Å². The van der Waals surface area contributed by atoms with Crippen LogP contribution in [0.5, 0.6) is 0 Å². The van der Waals surface area contributed by atoms with Crippen LogP contribution in [0.2, 0.25) is 0 Å². The molecule has 0 saturated carbocycles. The van der Waals surface area contributed by atoms with E-state index in [1.807, 2.05) is 31.2 Å². The largest absolute Gasteiger partial charge is 0.353 e. The molecule has 1 atom stereocenters. The zero-order valence-corrected chi connectivity index (χ0v) is 15.9. The number of piperidine rings is 1. The topological polar surface area (TPSA) is 71.3 Å². The van der Waals surface area contributed by atoms with Crippen LogP contribution >= 0.6 is 0 Å². The average molecular weight is 356 g/mol. The number of nitrogens with one attached hydrogen (secondary N) is 1. The van der Waals surface area contributed by atoms with Crippen molar-refractivity contribution in [3.63, 3.8) is 0 Å².